The zero-order valence-corrected chi connectivity index (χ0v) is 48.7. The van der Waals surface area contributed by atoms with Gasteiger partial charge in [-0.15, -0.1) is 0 Å². The first-order chi connectivity index (χ1) is 39.5. The van der Waals surface area contributed by atoms with Crippen LogP contribution in [0.2, 0.25) is 39.3 Å². The summed E-state index contributed by atoms with van der Waals surface area (Å²) in [5.74, 6) is 0. The molecule has 0 saturated heterocycles. The van der Waals surface area contributed by atoms with Gasteiger partial charge in [-0.3, -0.25) is 0 Å². The fraction of sp³-hybridized carbons (Fsp3) is 0.0886. The van der Waals surface area contributed by atoms with Gasteiger partial charge in [-0.25, -0.2) is 0 Å². The largest absolute Gasteiger partial charge is 0.0784 e. The van der Waals surface area contributed by atoms with Crippen molar-refractivity contribution in [1.82, 2.24) is 0 Å². The predicted octanol–water partition coefficient (Wildman–Crippen LogP) is 20.7. The lowest BCUT2D eigenvalue weighted by Crippen LogP contribution is -2.38. The molecular weight excluding hydrogens is 1010 g/mol. The quantitative estimate of drug-likeness (QED) is 0.115. The molecule has 0 radical (unpaired) electrons. The second kappa shape index (κ2) is 17.5. The van der Waals surface area contributed by atoms with Crippen LogP contribution in [-0.4, -0.2) is 16.1 Å². The van der Waals surface area contributed by atoms with E-state index < -0.39 is 21.6 Å². The Morgan fingerprint density at radius 1 is 0.210 bits per heavy atom. The Morgan fingerprint density at radius 2 is 0.469 bits per heavy atom. The fourth-order valence-corrected chi connectivity index (χ4v) is 18.5. The molecule has 0 saturated carbocycles. The van der Waals surface area contributed by atoms with Crippen molar-refractivity contribution in [3.05, 3.63) is 277 Å². The standard InChI is InChI=1S/C79H60Si2/c1-80(2,3)73-45-43-67(51-23-7-9-27-57(51)73)77-63-33-15-11-29-59(63)75(60-30-12-16-34-64(60)77)49-39-41-55-53-25-19-21-37-69(53)79(71(55)47-49)70-38-22-20-26-54(70)56-42-40-50(48-72(56)79)76-61-31-13-17-35-65(61)78(66-36-18-14-32-62(66)76)68-44-46-74(81(4,5)6)58-28-10-8-24-52(58)68/h7-48H,1-6H3. The summed E-state index contributed by atoms with van der Waals surface area (Å²) in [5.41, 5.74) is 20.2. The van der Waals surface area contributed by atoms with E-state index in [1.165, 1.54) is 164 Å². The Kier molecular flexibility index (Phi) is 10.4. The van der Waals surface area contributed by atoms with E-state index in [4.69, 9.17) is 0 Å². The van der Waals surface area contributed by atoms with E-state index in [2.05, 4.69) is 294 Å². The lowest BCUT2D eigenvalue weighted by atomic mass is 9.69. The van der Waals surface area contributed by atoms with Gasteiger partial charge in [-0.05, 0) is 166 Å². The fourth-order valence-electron chi connectivity index (χ4n) is 15.3. The van der Waals surface area contributed by atoms with Crippen LogP contribution in [0.25, 0.3) is 131 Å². The van der Waals surface area contributed by atoms with Crippen molar-refractivity contribution < 1.29 is 0 Å². The Morgan fingerprint density at radius 3 is 0.802 bits per heavy atom. The van der Waals surface area contributed by atoms with Gasteiger partial charge in [0.25, 0.3) is 0 Å². The first kappa shape index (κ1) is 48.0. The lowest BCUT2D eigenvalue weighted by Gasteiger charge is -2.31. The molecule has 0 aromatic heterocycles. The smallest absolute Gasteiger partial charge is 0.0656 e. The number of benzene rings is 14. The highest BCUT2D eigenvalue weighted by Crippen LogP contribution is 2.64. The maximum atomic E-state index is 2.59. The summed E-state index contributed by atoms with van der Waals surface area (Å²) in [7, 11) is -3.28. The monoisotopic (exact) mass is 1060 g/mol. The summed E-state index contributed by atoms with van der Waals surface area (Å²) in [6, 6.07) is 98.3. The van der Waals surface area contributed by atoms with Crippen molar-refractivity contribution in [3.63, 3.8) is 0 Å². The summed E-state index contributed by atoms with van der Waals surface area (Å²) >= 11 is 0. The van der Waals surface area contributed by atoms with Gasteiger partial charge in [-0.2, -0.15) is 0 Å². The Labute approximate surface area is 476 Å². The first-order valence-electron chi connectivity index (χ1n) is 28.9. The molecule has 1 spiro atoms. The SMILES string of the molecule is C[Si](C)(C)c1ccc(-c2c3ccccc3c(-c3ccc4c(c3)C3(c5ccccc5-4)c4ccccc4-c4ccc(-c5c6ccccc6c(-c6ccc([Si](C)(C)C)c7ccccc67)c6ccccc56)cc43)c3ccccc23)c2ccccc12. The summed E-state index contributed by atoms with van der Waals surface area (Å²) in [6.45, 7) is 14.8. The number of hydrogen-bond acceptors (Lipinski definition) is 0. The van der Waals surface area contributed by atoms with Crippen LogP contribution >= 0.6 is 0 Å². The molecule has 81 heavy (non-hydrogen) atoms. The van der Waals surface area contributed by atoms with Crippen LogP contribution in [0.15, 0.2) is 255 Å². The van der Waals surface area contributed by atoms with E-state index in [1.807, 2.05) is 0 Å². The Hall–Kier alpha value is -8.93. The highest BCUT2D eigenvalue weighted by atomic mass is 28.3. The molecule has 0 N–H and O–H groups in total. The van der Waals surface area contributed by atoms with Crippen LogP contribution in [-0.2, 0) is 5.41 Å². The van der Waals surface area contributed by atoms with E-state index in [9.17, 15) is 0 Å². The second-order valence-corrected chi connectivity index (χ2v) is 35.0. The molecule has 0 nitrogen and oxygen atoms in total. The third-order valence-corrected chi connectivity index (χ3v) is 22.6. The molecule has 0 bridgehead atoms. The molecule has 14 aromatic rings. The van der Waals surface area contributed by atoms with Crippen LogP contribution in [0.5, 0.6) is 0 Å². The zero-order chi connectivity index (χ0) is 54.5. The van der Waals surface area contributed by atoms with Crippen molar-refractivity contribution >= 4 is 91.2 Å². The Bertz CT molecular complexity index is 4590. The van der Waals surface area contributed by atoms with E-state index in [1.54, 1.807) is 0 Å². The summed E-state index contributed by atoms with van der Waals surface area (Å²) in [5, 5.41) is 18.6. The topological polar surface area (TPSA) is 0 Å². The third-order valence-electron chi connectivity index (χ3n) is 18.5. The molecule has 0 heterocycles. The molecule has 0 aliphatic heterocycles. The van der Waals surface area contributed by atoms with Crippen molar-refractivity contribution in [2.45, 2.75) is 44.7 Å². The summed E-state index contributed by atoms with van der Waals surface area (Å²) in [4.78, 5) is 0. The van der Waals surface area contributed by atoms with E-state index in [0.29, 0.717) is 0 Å². The predicted molar refractivity (Wildman–Crippen MR) is 355 cm³/mol. The highest BCUT2D eigenvalue weighted by Gasteiger charge is 2.52. The van der Waals surface area contributed by atoms with Gasteiger partial charge in [0.15, 0.2) is 0 Å². The summed E-state index contributed by atoms with van der Waals surface area (Å²) in [6.07, 6.45) is 0. The van der Waals surface area contributed by atoms with Crippen LogP contribution < -0.4 is 10.4 Å². The maximum absolute atomic E-state index is 2.59. The minimum atomic E-state index is -1.64. The van der Waals surface area contributed by atoms with E-state index in [-0.39, 0.29) is 0 Å². The molecule has 2 heteroatoms. The van der Waals surface area contributed by atoms with E-state index in [0.717, 1.165) is 0 Å². The minimum Gasteiger partial charge on any atom is -0.0656 e. The second-order valence-electron chi connectivity index (χ2n) is 25.0. The van der Waals surface area contributed by atoms with Gasteiger partial charge in [-0.1, -0.05) is 292 Å². The van der Waals surface area contributed by atoms with Gasteiger partial charge >= 0.3 is 0 Å². The number of fused-ring (bicyclic) bond motifs is 16. The van der Waals surface area contributed by atoms with Crippen molar-refractivity contribution in [1.29, 1.82) is 0 Å². The summed E-state index contributed by atoms with van der Waals surface area (Å²) < 4.78 is 0. The van der Waals surface area contributed by atoms with Crippen LogP contribution in [0.1, 0.15) is 22.3 Å². The van der Waals surface area contributed by atoms with Crippen LogP contribution in [0.3, 0.4) is 0 Å². The molecule has 0 fully saturated rings. The molecule has 2 aliphatic rings. The minimum absolute atomic E-state index is 0.574. The normalized spacial score (nSPS) is 13.4. The number of rotatable bonds is 6. The molecule has 0 amide bonds. The zero-order valence-electron chi connectivity index (χ0n) is 46.7. The first-order valence-corrected chi connectivity index (χ1v) is 35.9. The van der Waals surface area contributed by atoms with Gasteiger partial charge in [0.2, 0.25) is 0 Å². The van der Waals surface area contributed by atoms with Crippen molar-refractivity contribution in [3.8, 4) is 66.8 Å². The van der Waals surface area contributed by atoms with Crippen LogP contribution in [0, 0.1) is 0 Å². The molecule has 0 atom stereocenters. The van der Waals surface area contributed by atoms with E-state index >= 15 is 0 Å². The van der Waals surface area contributed by atoms with Gasteiger partial charge in [0.1, 0.15) is 0 Å². The molecule has 384 valence electrons. The molecular formula is C79H60Si2. The third kappa shape index (κ3) is 6.81. The van der Waals surface area contributed by atoms with Gasteiger partial charge in [0, 0.05) is 0 Å². The van der Waals surface area contributed by atoms with Gasteiger partial charge < -0.3 is 0 Å². The molecule has 14 aromatic carbocycles. The molecule has 0 unspecified atom stereocenters. The average molecular weight is 1070 g/mol. The average Bonchev–Trinajstić information content (AvgIpc) is 2.19. The van der Waals surface area contributed by atoms with Crippen molar-refractivity contribution in [2.24, 2.45) is 0 Å². The lowest BCUT2D eigenvalue weighted by molar-refractivity contribution is 0.794. The Balaban J connectivity index is 0.948. The van der Waals surface area contributed by atoms with Crippen LogP contribution in [0.4, 0.5) is 0 Å². The highest BCUT2D eigenvalue weighted by molar-refractivity contribution is 6.91. The van der Waals surface area contributed by atoms with Gasteiger partial charge in [0.05, 0.1) is 21.6 Å². The maximum Gasteiger partial charge on any atom is 0.0784 e. The molecule has 2 aliphatic carbocycles. The number of hydrogen-bond donors (Lipinski definition) is 0. The van der Waals surface area contributed by atoms with Crippen molar-refractivity contribution in [2.75, 3.05) is 0 Å². The molecule has 16 rings (SSSR count).